The van der Waals surface area contributed by atoms with Crippen molar-refractivity contribution in [2.24, 2.45) is 0 Å². The van der Waals surface area contributed by atoms with Gasteiger partial charge in [-0.2, -0.15) is 0 Å². The summed E-state index contributed by atoms with van der Waals surface area (Å²) in [6.45, 7) is 0. The van der Waals surface area contributed by atoms with Crippen LogP contribution in [0.2, 0.25) is 0 Å². The van der Waals surface area contributed by atoms with Crippen molar-refractivity contribution in [3.63, 3.8) is 0 Å². The van der Waals surface area contributed by atoms with Crippen molar-refractivity contribution in [1.29, 1.82) is 0 Å². The molecular formula is C7H6FNO2S. The fraction of sp³-hybridized carbons (Fsp3) is 0.143. The molecule has 0 amide bonds. The van der Waals surface area contributed by atoms with E-state index in [1.54, 1.807) is 0 Å². The second-order valence-corrected chi connectivity index (χ2v) is 2.64. The lowest BCUT2D eigenvalue weighted by Crippen LogP contribution is -1.88. The lowest BCUT2D eigenvalue weighted by atomic mass is 10.2. The molecule has 0 bridgehead atoms. The van der Waals surface area contributed by atoms with Gasteiger partial charge in [0.1, 0.15) is 0 Å². The summed E-state index contributed by atoms with van der Waals surface area (Å²) in [5.41, 5.74) is -1.11. The Hall–Kier alpha value is -1.10. The zero-order chi connectivity index (χ0) is 9.14. The first kappa shape index (κ1) is 8.99. The van der Waals surface area contributed by atoms with E-state index in [1.807, 2.05) is 0 Å². The van der Waals surface area contributed by atoms with Crippen LogP contribution in [0.15, 0.2) is 24.3 Å². The number of nitro groups is 1. The fourth-order valence-electron chi connectivity index (χ4n) is 0.755. The van der Waals surface area contributed by atoms with E-state index in [0.717, 1.165) is 0 Å². The Morgan fingerprint density at radius 1 is 1.42 bits per heavy atom. The van der Waals surface area contributed by atoms with E-state index in [2.05, 4.69) is 12.6 Å². The summed E-state index contributed by atoms with van der Waals surface area (Å²) in [6, 6.07) is 5.18. The normalized spacial score (nSPS) is 12.5. The van der Waals surface area contributed by atoms with Crippen molar-refractivity contribution >= 4 is 18.3 Å². The van der Waals surface area contributed by atoms with Gasteiger partial charge in [-0.3, -0.25) is 10.1 Å². The molecule has 0 fully saturated rings. The minimum atomic E-state index is -1.38. The average molecular weight is 187 g/mol. The third-order valence-electron chi connectivity index (χ3n) is 1.38. The first-order chi connectivity index (χ1) is 5.61. The molecule has 0 aliphatic carbocycles. The van der Waals surface area contributed by atoms with Crippen molar-refractivity contribution in [3.05, 3.63) is 39.9 Å². The van der Waals surface area contributed by atoms with Crippen LogP contribution in [0.3, 0.4) is 0 Å². The van der Waals surface area contributed by atoms with E-state index in [9.17, 15) is 14.5 Å². The Morgan fingerprint density at radius 3 is 2.25 bits per heavy atom. The average Bonchev–Trinajstić information content (AvgIpc) is 2.04. The summed E-state index contributed by atoms with van der Waals surface area (Å²) in [4.78, 5) is 9.64. The molecule has 1 rings (SSSR count). The third-order valence-corrected chi connectivity index (χ3v) is 1.68. The van der Waals surface area contributed by atoms with Gasteiger partial charge in [0.15, 0.2) is 5.50 Å². The van der Waals surface area contributed by atoms with Gasteiger partial charge in [-0.25, -0.2) is 4.39 Å². The van der Waals surface area contributed by atoms with E-state index in [4.69, 9.17) is 0 Å². The molecule has 12 heavy (non-hydrogen) atoms. The first-order valence-corrected chi connectivity index (χ1v) is 3.69. The monoisotopic (exact) mass is 187 g/mol. The highest BCUT2D eigenvalue weighted by molar-refractivity contribution is 7.80. The van der Waals surface area contributed by atoms with Crippen LogP contribution in [-0.2, 0) is 0 Å². The highest BCUT2D eigenvalue weighted by Gasteiger charge is 2.07. The molecular weight excluding hydrogens is 181 g/mol. The number of rotatable bonds is 2. The maximum atomic E-state index is 12.5. The van der Waals surface area contributed by atoms with Gasteiger partial charge >= 0.3 is 0 Å². The van der Waals surface area contributed by atoms with Crippen molar-refractivity contribution < 1.29 is 9.31 Å². The quantitative estimate of drug-likeness (QED) is 0.439. The molecule has 64 valence electrons. The summed E-state index contributed by atoms with van der Waals surface area (Å²) in [5, 5.41) is 10.2. The summed E-state index contributed by atoms with van der Waals surface area (Å²) >= 11 is 3.54. The molecule has 0 saturated heterocycles. The molecule has 0 N–H and O–H groups in total. The fourth-order valence-corrected chi connectivity index (χ4v) is 0.927. The van der Waals surface area contributed by atoms with Crippen molar-refractivity contribution in [3.8, 4) is 0 Å². The van der Waals surface area contributed by atoms with Crippen LogP contribution in [0.25, 0.3) is 0 Å². The van der Waals surface area contributed by atoms with E-state index in [-0.39, 0.29) is 5.69 Å². The molecule has 0 spiro atoms. The molecule has 3 nitrogen and oxygen atoms in total. The molecule has 1 unspecified atom stereocenters. The van der Waals surface area contributed by atoms with Crippen LogP contribution in [0.5, 0.6) is 0 Å². The Labute approximate surface area is 73.8 Å². The summed E-state index contributed by atoms with van der Waals surface area (Å²) in [7, 11) is 0. The molecule has 1 aromatic rings. The zero-order valence-electron chi connectivity index (χ0n) is 5.98. The highest BCUT2D eigenvalue weighted by atomic mass is 32.1. The van der Waals surface area contributed by atoms with Gasteiger partial charge in [0.05, 0.1) is 4.92 Å². The predicted octanol–water partition coefficient (Wildman–Crippen LogP) is 2.49. The Morgan fingerprint density at radius 2 is 1.92 bits per heavy atom. The van der Waals surface area contributed by atoms with Crippen LogP contribution in [0, 0.1) is 10.1 Å². The van der Waals surface area contributed by atoms with Gasteiger partial charge in [0.25, 0.3) is 5.69 Å². The van der Waals surface area contributed by atoms with Gasteiger partial charge in [-0.1, -0.05) is 0 Å². The summed E-state index contributed by atoms with van der Waals surface area (Å²) < 4.78 is 12.5. The van der Waals surface area contributed by atoms with E-state index < -0.39 is 10.4 Å². The molecule has 0 aliphatic rings. The number of nitro benzene ring substituents is 1. The number of non-ortho nitro benzene ring substituents is 1. The number of hydrogen-bond acceptors (Lipinski definition) is 3. The van der Waals surface area contributed by atoms with Crippen molar-refractivity contribution in [1.82, 2.24) is 0 Å². The van der Waals surface area contributed by atoms with Crippen LogP contribution >= 0.6 is 12.6 Å². The second-order valence-electron chi connectivity index (χ2n) is 2.18. The van der Waals surface area contributed by atoms with Crippen LogP contribution in [0.4, 0.5) is 10.1 Å². The standard InChI is InChI=1S/C7H6FNO2S/c8-7(12)5-1-3-6(4-2-5)9(10)11/h1-4,7,12H. The molecule has 1 atom stereocenters. The van der Waals surface area contributed by atoms with E-state index in [1.165, 1.54) is 24.3 Å². The van der Waals surface area contributed by atoms with Crippen LogP contribution in [-0.4, -0.2) is 4.92 Å². The number of halogens is 1. The lowest BCUT2D eigenvalue weighted by molar-refractivity contribution is -0.384. The van der Waals surface area contributed by atoms with Crippen LogP contribution < -0.4 is 0 Å². The Bertz CT molecular complexity index is 286. The molecule has 0 saturated carbocycles. The van der Waals surface area contributed by atoms with Crippen molar-refractivity contribution in [2.75, 3.05) is 0 Å². The molecule has 5 heteroatoms. The van der Waals surface area contributed by atoms with Gasteiger partial charge < -0.3 is 0 Å². The molecule has 1 aromatic carbocycles. The molecule has 0 aliphatic heterocycles. The topological polar surface area (TPSA) is 43.1 Å². The number of benzene rings is 1. The Kier molecular flexibility index (Phi) is 2.65. The Balaban J connectivity index is 2.93. The SMILES string of the molecule is O=[N+]([O-])c1ccc(C(F)S)cc1. The van der Waals surface area contributed by atoms with E-state index in [0.29, 0.717) is 5.56 Å². The van der Waals surface area contributed by atoms with Crippen LogP contribution in [0.1, 0.15) is 11.1 Å². The predicted molar refractivity (Wildman–Crippen MR) is 45.9 cm³/mol. The van der Waals surface area contributed by atoms with E-state index >= 15 is 0 Å². The molecule has 0 radical (unpaired) electrons. The minimum Gasteiger partial charge on any atom is -0.258 e. The number of thiol groups is 1. The number of alkyl halides is 1. The van der Waals surface area contributed by atoms with Gasteiger partial charge in [0, 0.05) is 12.1 Å². The smallest absolute Gasteiger partial charge is 0.258 e. The number of nitrogens with zero attached hydrogens (tertiary/aromatic N) is 1. The number of hydrogen-bond donors (Lipinski definition) is 1. The molecule has 0 heterocycles. The highest BCUT2D eigenvalue weighted by Crippen LogP contribution is 2.22. The second kappa shape index (κ2) is 3.53. The maximum Gasteiger partial charge on any atom is 0.269 e. The van der Waals surface area contributed by atoms with Gasteiger partial charge in [0.2, 0.25) is 0 Å². The summed E-state index contributed by atoms with van der Waals surface area (Å²) in [6.07, 6.45) is 0. The third kappa shape index (κ3) is 1.94. The lowest BCUT2D eigenvalue weighted by Gasteiger charge is -1.98. The molecule has 0 aromatic heterocycles. The minimum absolute atomic E-state index is 0.0484. The zero-order valence-corrected chi connectivity index (χ0v) is 6.87. The largest absolute Gasteiger partial charge is 0.269 e. The summed E-state index contributed by atoms with van der Waals surface area (Å²) in [5.74, 6) is 0. The maximum absolute atomic E-state index is 12.5. The van der Waals surface area contributed by atoms with Crippen molar-refractivity contribution in [2.45, 2.75) is 5.50 Å². The van der Waals surface area contributed by atoms with Gasteiger partial charge in [-0.05, 0) is 17.7 Å². The van der Waals surface area contributed by atoms with Gasteiger partial charge in [-0.15, -0.1) is 12.6 Å². The first-order valence-electron chi connectivity index (χ1n) is 3.18.